The topological polar surface area (TPSA) is 80.0 Å². The van der Waals surface area contributed by atoms with Gasteiger partial charge in [0.25, 0.3) is 0 Å². The average Bonchev–Trinajstić information content (AvgIpc) is 3.29. The Morgan fingerprint density at radius 2 is 2.07 bits per heavy atom. The van der Waals surface area contributed by atoms with Crippen molar-refractivity contribution in [2.75, 3.05) is 0 Å². The minimum Gasteiger partial charge on any atom is -0.343 e. The van der Waals surface area contributed by atoms with Crippen LogP contribution in [-0.2, 0) is 11.2 Å². The lowest BCUT2D eigenvalue weighted by atomic mass is 9.85. The molecule has 1 aliphatic carbocycles. The predicted molar refractivity (Wildman–Crippen MR) is 105 cm³/mol. The molecule has 0 radical (unpaired) electrons. The number of fused-ring (bicyclic) bond motifs is 1. The highest BCUT2D eigenvalue weighted by Crippen LogP contribution is 2.33. The molecule has 146 valence electrons. The van der Waals surface area contributed by atoms with Gasteiger partial charge in [0.05, 0.1) is 6.04 Å². The van der Waals surface area contributed by atoms with Gasteiger partial charge in [0, 0.05) is 12.5 Å². The second-order valence-electron chi connectivity index (χ2n) is 7.55. The van der Waals surface area contributed by atoms with E-state index in [2.05, 4.69) is 20.8 Å². The third kappa shape index (κ3) is 4.68. The van der Waals surface area contributed by atoms with Crippen LogP contribution in [-0.4, -0.2) is 28.1 Å². The number of carbonyl (C=O) groups is 1. The number of aromatic nitrogens is 2. The second-order valence-corrected chi connectivity index (χ2v) is 7.55. The Morgan fingerprint density at radius 3 is 2.85 bits per heavy atom. The smallest absolute Gasteiger partial charge is 0.248 e. The van der Waals surface area contributed by atoms with Gasteiger partial charge in [-0.3, -0.25) is 4.79 Å². The molecule has 1 saturated heterocycles. The highest BCUT2D eigenvalue weighted by atomic mass is 35.5. The Hall–Kier alpha value is -1.92. The molecule has 27 heavy (non-hydrogen) atoms. The largest absolute Gasteiger partial charge is 0.343 e. The number of rotatable bonds is 5. The molecule has 1 aliphatic heterocycles. The van der Waals surface area contributed by atoms with E-state index in [1.54, 1.807) is 0 Å². The van der Waals surface area contributed by atoms with Crippen LogP contribution in [0.1, 0.15) is 62.3 Å². The Labute approximate surface area is 165 Å². The summed E-state index contributed by atoms with van der Waals surface area (Å²) in [5.41, 5.74) is 1.13. The predicted octanol–water partition coefficient (Wildman–Crippen LogP) is 3.18. The van der Waals surface area contributed by atoms with Gasteiger partial charge in [0.2, 0.25) is 11.8 Å². The zero-order valence-electron chi connectivity index (χ0n) is 15.6. The van der Waals surface area contributed by atoms with Crippen LogP contribution in [0, 0.1) is 5.92 Å². The number of amides is 1. The van der Waals surface area contributed by atoms with Gasteiger partial charge >= 0.3 is 0 Å². The number of hydrogen-bond donors (Lipinski definition) is 2. The quantitative estimate of drug-likeness (QED) is 0.819. The lowest BCUT2D eigenvalue weighted by Gasteiger charge is -2.24. The molecule has 4 rings (SSSR count). The van der Waals surface area contributed by atoms with Gasteiger partial charge < -0.3 is 15.2 Å². The van der Waals surface area contributed by atoms with Crippen molar-refractivity contribution in [1.29, 1.82) is 0 Å². The van der Waals surface area contributed by atoms with E-state index in [4.69, 9.17) is 4.52 Å². The van der Waals surface area contributed by atoms with E-state index in [1.165, 1.54) is 25.7 Å². The Bertz CT molecular complexity index is 737. The summed E-state index contributed by atoms with van der Waals surface area (Å²) < 4.78 is 5.36. The summed E-state index contributed by atoms with van der Waals surface area (Å²) in [6, 6.07) is 10.2. The van der Waals surface area contributed by atoms with Crippen LogP contribution in [0.15, 0.2) is 34.9 Å². The maximum atomic E-state index is 12.6. The molecular weight excluding hydrogens is 364 g/mol. The maximum Gasteiger partial charge on any atom is 0.248 e. The van der Waals surface area contributed by atoms with Gasteiger partial charge in [-0.1, -0.05) is 48.3 Å². The minimum atomic E-state index is -0.288. The summed E-state index contributed by atoms with van der Waals surface area (Å²) in [7, 11) is 0. The third-order valence-electron chi connectivity index (χ3n) is 5.60. The normalized spacial score (nSPS) is 25.3. The first-order chi connectivity index (χ1) is 12.7. The maximum absolute atomic E-state index is 12.6. The van der Waals surface area contributed by atoms with Crippen LogP contribution in [0.3, 0.4) is 0 Å². The molecular formula is C20H27ClN4O2. The number of nitrogens with zero attached hydrogens (tertiary/aromatic N) is 2. The summed E-state index contributed by atoms with van der Waals surface area (Å²) in [5.74, 6) is 1.78. The Balaban J connectivity index is 0.00000210. The summed E-state index contributed by atoms with van der Waals surface area (Å²) in [6.45, 7) is 1.89. The van der Waals surface area contributed by atoms with Gasteiger partial charge in [-0.25, -0.2) is 0 Å². The van der Waals surface area contributed by atoms with Crippen molar-refractivity contribution >= 4 is 18.3 Å². The molecule has 1 aromatic heterocycles. The van der Waals surface area contributed by atoms with Crippen molar-refractivity contribution in [3.63, 3.8) is 0 Å². The van der Waals surface area contributed by atoms with Crippen molar-refractivity contribution in [2.45, 2.75) is 63.6 Å². The number of nitrogens with one attached hydrogen (secondary N) is 2. The van der Waals surface area contributed by atoms with Gasteiger partial charge in [-0.15, -0.1) is 12.4 Å². The molecule has 4 unspecified atom stereocenters. The van der Waals surface area contributed by atoms with Crippen molar-refractivity contribution in [2.24, 2.45) is 5.92 Å². The monoisotopic (exact) mass is 390 g/mol. The molecule has 1 amide bonds. The summed E-state index contributed by atoms with van der Waals surface area (Å²) in [4.78, 5) is 17.1. The first-order valence-corrected chi connectivity index (χ1v) is 9.62. The Morgan fingerprint density at radius 1 is 1.30 bits per heavy atom. The first kappa shape index (κ1) is 19.8. The van der Waals surface area contributed by atoms with E-state index in [9.17, 15) is 4.79 Å². The van der Waals surface area contributed by atoms with Gasteiger partial charge in [0.15, 0.2) is 5.82 Å². The molecule has 4 atom stereocenters. The van der Waals surface area contributed by atoms with Crippen LogP contribution >= 0.6 is 12.4 Å². The zero-order chi connectivity index (χ0) is 17.9. The number of benzene rings is 1. The van der Waals surface area contributed by atoms with Crippen molar-refractivity contribution in [3.05, 3.63) is 47.6 Å². The van der Waals surface area contributed by atoms with E-state index in [1.807, 2.05) is 37.3 Å². The molecule has 0 spiro atoms. The SMILES string of the molecule is CC(NC(=O)C1CC2CCCCC2N1)c1nc(Cc2ccccc2)no1.Cl. The summed E-state index contributed by atoms with van der Waals surface area (Å²) in [5, 5.41) is 10.6. The van der Waals surface area contributed by atoms with Crippen LogP contribution < -0.4 is 10.6 Å². The van der Waals surface area contributed by atoms with Crippen LogP contribution in [0.5, 0.6) is 0 Å². The van der Waals surface area contributed by atoms with Gasteiger partial charge in [-0.05, 0) is 37.7 Å². The molecule has 2 fully saturated rings. The van der Waals surface area contributed by atoms with Crippen molar-refractivity contribution < 1.29 is 9.32 Å². The molecule has 1 aromatic carbocycles. The summed E-state index contributed by atoms with van der Waals surface area (Å²) in [6.07, 6.45) is 6.55. The highest BCUT2D eigenvalue weighted by molar-refractivity contribution is 5.85. The van der Waals surface area contributed by atoms with Crippen LogP contribution in [0.4, 0.5) is 0 Å². The fourth-order valence-corrected chi connectivity index (χ4v) is 4.19. The molecule has 1 saturated carbocycles. The fraction of sp³-hybridized carbons (Fsp3) is 0.550. The average molecular weight is 391 g/mol. The Kier molecular flexibility index (Phi) is 6.50. The van der Waals surface area contributed by atoms with Gasteiger partial charge in [0.1, 0.15) is 6.04 Å². The van der Waals surface area contributed by atoms with Crippen molar-refractivity contribution in [3.8, 4) is 0 Å². The zero-order valence-corrected chi connectivity index (χ0v) is 16.4. The molecule has 6 nitrogen and oxygen atoms in total. The van der Waals surface area contributed by atoms with E-state index >= 15 is 0 Å². The molecule has 2 aromatic rings. The molecule has 2 aliphatic rings. The molecule has 2 heterocycles. The van der Waals surface area contributed by atoms with Crippen LogP contribution in [0.2, 0.25) is 0 Å². The lowest BCUT2D eigenvalue weighted by Crippen LogP contribution is -2.43. The molecule has 2 N–H and O–H groups in total. The standard InChI is InChI=1S/C20H26N4O2.ClH/c1-13(20-23-18(24-26-20)11-14-7-3-2-4-8-14)21-19(25)17-12-15-9-5-6-10-16(15)22-17;/h2-4,7-8,13,15-17,22H,5-6,9-12H2,1H3,(H,21,25);1H. The minimum absolute atomic E-state index is 0. The van der Waals surface area contributed by atoms with Gasteiger partial charge in [-0.2, -0.15) is 4.98 Å². The van der Waals surface area contributed by atoms with E-state index < -0.39 is 0 Å². The first-order valence-electron chi connectivity index (χ1n) is 9.62. The lowest BCUT2D eigenvalue weighted by molar-refractivity contribution is -0.123. The van der Waals surface area contributed by atoms with Crippen LogP contribution in [0.25, 0.3) is 0 Å². The number of carbonyl (C=O) groups excluding carboxylic acids is 1. The molecule has 0 bridgehead atoms. The molecule has 7 heteroatoms. The highest BCUT2D eigenvalue weighted by Gasteiger charge is 2.38. The third-order valence-corrected chi connectivity index (χ3v) is 5.60. The van der Waals surface area contributed by atoms with E-state index in [0.717, 1.165) is 12.0 Å². The van der Waals surface area contributed by atoms with E-state index in [-0.39, 0.29) is 30.4 Å². The fourth-order valence-electron chi connectivity index (χ4n) is 4.19. The number of halogens is 1. The number of hydrogen-bond acceptors (Lipinski definition) is 5. The second kappa shape index (κ2) is 8.85. The van der Waals surface area contributed by atoms with Crippen molar-refractivity contribution in [1.82, 2.24) is 20.8 Å². The van der Waals surface area contributed by atoms with E-state index in [0.29, 0.717) is 30.1 Å². The summed E-state index contributed by atoms with van der Waals surface area (Å²) >= 11 is 0.